The third-order valence-electron chi connectivity index (χ3n) is 6.88. The molecule has 1 saturated carbocycles. The van der Waals surface area contributed by atoms with Crippen molar-refractivity contribution in [1.82, 2.24) is 30.9 Å². The Kier molecular flexibility index (Phi) is 8.54. The number of nitrogens with zero attached hydrogens (tertiary/aromatic N) is 3. The molecule has 0 aliphatic heterocycles. The zero-order chi connectivity index (χ0) is 30.1. The number of hydrogen-bond donors (Lipinski definition) is 3. The predicted octanol–water partition coefficient (Wildman–Crippen LogP) is 5.11. The van der Waals surface area contributed by atoms with Gasteiger partial charge in [0.1, 0.15) is 17.0 Å². The monoisotopic (exact) mass is 596 g/mol. The van der Waals surface area contributed by atoms with Crippen molar-refractivity contribution in [3.05, 3.63) is 40.7 Å². The second kappa shape index (κ2) is 11.6. The highest BCUT2D eigenvalue weighted by Crippen LogP contribution is 2.42. The fourth-order valence-corrected chi connectivity index (χ4v) is 4.82. The molecule has 0 radical (unpaired) electrons. The quantitative estimate of drug-likeness (QED) is 0.295. The number of hydrogen-bond acceptors (Lipinski definition) is 6. The van der Waals surface area contributed by atoms with E-state index >= 15 is 4.39 Å². The molecule has 3 N–H and O–H groups in total. The van der Waals surface area contributed by atoms with E-state index in [-0.39, 0.29) is 35.6 Å². The van der Waals surface area contributed by atoms with Crippen LogP contribution in [0.5, 0.6) is 0 Å². The molecule has 0 unspecified atom stereocenters. The molecule has 2 heterocycles. The summed E-state index contributed by atoms with van der Waals surface area (Å²) < 4.78 is 113. The van der Waals surface area contributed by atoms with E-state index in [4.69, 9.17) is 0 Å². The van der Waals surface area contributed by atoms with Crippen LogP contribution in [0.3, 0.4) is 0 Å². The summed E-state index contributed by atoms with van der Waals surface area (Å²) >= 11 is 0. The van der Waals surface area contributed by atoms with E-state index in [0.717, 1.165) is 12.1 Å². The molecule has 1 aromatic carbocycles. The van der Waals surface area contributed by atoms with Gasteiger partial charge in [0.25, 0.3) is 12.3 Å². The summed E-state index contributed by atoms with van der Waals surface area (Å²) in [4.78, 5) is 32.2. The normalized spacial score (nSPS) is 17.5. The molecule has 0 bridgehead atoms. The number of aromatic nitrogens is 4. The van der Waals surface area contributed by atoms with Crippen LogP contribution in [-0.4, -0.2) is 57.2 Å². The molecule has 3 aromatic rings. The van der Waals surface area contributed by atoms with Crippen LogP contribution in [0.15, 0.2) is 16.8 Å². The number of halogens is 8. The average molecular weight is 596 g/mol. The third kappa shape index (κ3) is 7.11. The van der Waals surface area contributed by atoms with Crippen molar-refractivity contribution in [3.63, 3.8) is 0 Å². The van der Waals surface area contributed by atoms with Gasteiger partial charge in [0.2, 0.25) is 11.8 Å². The lowest BCUT2D eigenvalue weighted by Crippen LogP contribution is -2.38. The zero-order valence-electron chi connectivity index (χ0n) is 21.3. The highest BCUT2D eigenvalue weighted by Gasteiger charge is 2.41. The Morgan fingerprint density at radius 1 is 1.17 bits per heavy atom. The van der Waals surface area contributed by atoms with E-state index in [0.29, 0.717) is 0 Å². The number of fused-ring (bicyclic) bond motifs is 1. The van der Waals surface area contributed by atoms with Crippen molar-refractivity contribution in [2.45, 2.75) is 69.5 Å². The molecule has 2 amide bonds. The predicted molar refractivity (Wildman–Crippen MR) is 125 cm³/mol. The first-order valence-electron chi connectivity index (χ1n) is 12.4. The first-order valence-corrected chi connectivity index (χ1v) is 12.4. The lowest BCUT2D eigenvalue weighted by molar-refractivity contribution is -0.148. The van der Waals surface area contributed by atoms with Crippen LogP contribution in [0, 0.1) is 18.7 Å². The number of aryl methyl sites for hydroxylation is 1. The fraction of sp³-hybridized carbons (Fsp3) is 0.542. The maximum atomic E-state index is 15.6. The molecule has 0 saturated heterocycles. The molecule has 4 rings (SSSR count). The van der Waals surface area contributed by atoms with Gasteiger partial charge < -0.3 is 15.6 Å². The van der Waals surface area contributed by atoms with Gasteiger partial charge in [0.15, 0.2) is 11.5 Å². The van der Waals surface area contributed by atoms with E-state index in [9.17, 15) is 40.3 Å². The summed E-state index contributed by atoms with van der Waals surface area (Å²) in [6, 6.07) is 0.968. The second-order valence-corrected chi connectivity index (χ2v) is 9.84. The zero-order valence-corrected chi connectivity index (χ0v) is 21.3. The van der Waals surface area contributed by atoms with Gasteiger partial charge >= 0.3 is 6.18 Å². The van der Waals surface area contributed by atoms with E-state index in [2.05, 4.69) is 30.2 Å². The van der Waals surface area contributed by atoms with Crippen LogP contribution >= 0.6 is 0 Å². The van der Waals surface area contributed by atoms with Gasteiger partial charge in [0.05, 0.1) is 30.4 Å². The second-order valence-electron chi connectivity index (χ2n) is 9.84. The lowest BCUT2D eigenvalue weighted by atomic mass is 9.81. The van der Waals surface area contributed by atoms with Crippen LogP contribution in [-0.2, 0) is 4.79 Å². The molecule has 9 nitrogen and oxygen atoms in total. The summed E-state index contributed by atoms with van der Waals surface area (Å²) in [6.07, 6.45) is -10.9. The Labute approximate surface area is 226 Å². The fourth-order valence-electron chi connectivity index (χ4n) is 4.82. The number of nitrogens with one attached hydrogen (secondary N) is 3. The maximum Gasteiger partial charge on any atom is 0.390 e. The molecular formula is C24H24F8N6O3. The number of carbonyl (C=O) groups excluding carboxylic acids is 2. The van der Waals surface area contributed by atoms with Crippen LogP contribution < -0.4 is 10.6 Å². The number of amides is 2. The topological polar surface area (TPSA) is 126 Å². The molecule has 41 heavy (non-hydrogen) atoms. The minimum atomic E-state index is -4.95. The highest BCUT2D eigenvalue weighted by molar-refractivity contribution is 5.93. The van der Waals surface area contributed by atoms with E-state index in [1.807, 2.05) is 0 Å². The van der Waals surface area contributed by atoms with Gasteiger partial charge in [-0.25, -0.2) is 31.6 Å². The van der Waals surface area contributed by atoms with Crippen molar-refractivity contribution in [2.75, 3.05) is 6.54 Å². The number of benzene rings is 1. The molecule has 1 fully saturated rings. The van der Waals surface area contributed by atoms with Gasteiger partial charge in [-0.05, 0) is 36.9 Å². The lowest BCUT2D eigenvalue weighted by Gasteiger charge is -2.33. The molecule has 2 aromatic heterocycles. The van der Waals surface area contributed by atoms with Gasteiger partial charge in [-0.15, -0.1) is 0 Å². The van der Waals surface area contributed by atoms with Crippen molar-refractivity contribution < 1.29 is 49.3 Å². The van der Waals surface area contributed by atoms with Crippen molar-refractivity contribution in [1.29, 1.82) is 0 Å². The van der Waals surface area contributed by atoms with Crippen LogP contribution in [0.4, 0.5) is 35.1 Å². The number of alkyl halides is 7. The summed E-state index contributed by atoms with van der Waals surface area (Å²) in [5.41, 5.74) is -1.31. The van der Waals surface area contributed by atoms with Crippen molar-refractivity contribution in [2.24, 2.45) is 5.92 Å². The average Bonchev–Trinajstić information content (AvgIpc) is 3.51. The molecule has 1 aliphatic carbocycles. The maximum absolute atomic E-state index is 15.6. The number of H-pyrrole nitrogens is 1. The van der Waals surface area contributed by atoms with Gasteiger partial charge in [-0.1, -0.05) is 11.2 Å². The summed E-state index contributed by atoms with van der Waals surface area (Å²) in [5.74, 6) is -9.34. The first kappa shape index (κ1) is 30.2. The number of imidazole rings is 1. The Morgan fingerprint density at radius 2 is 1.85 bits per heavy atom. The van der Waals surface area contributed by atoms with E-state index < -0.39 is 90.9 Å². The molecular weight excluding hydrogens is 572 g/mol. The smallest absolute Gasteiger partial charge is 0.350 e. The molecule has 1 aliphatic rings. The Hall–Kier alpha value is -3.79. The van der Waals surface area contributed by atoms with Crippen molar-refractivity contribution >= 4 is 22.8 Å². The minimum Gasteiger partial charge on any atom is -0.350 e. The molecule has 224 valence electrons. The van der Waals surface area contributed by atoms with Gasteiger partial charge in [-0.3, -0.25) is 9.59 Å². The third-order valence-corrected chi connectivity index (χ3v) is 6.88. The highest BCUT2D eigenvalue weighted by atomic mass is 19.4. The summed E-state index contributed by atoms with van der Waals surface area (Å²) in [6.45, 7) is 0.209. The van der Waals surface area contributed by atoms with E-state index in [1.165, 1.54) is 6.92 Å². The molecule has 0 spiro atoms. The van der Waals surface area contributed by atoms with Crippen LogP contribution in [0.2, 0.25) is 0 Å². The minimum absolute atomic E-state index is 0.0281. The van der Waals surface area contributed by atoms with Gasteiger partial charge in [0, 0.05) is 18.4 Å². The Morgan fingerprint density at radius 3 is 2.44 bits per heavy atom. The summed E-state index contributed by atoms with van der Waals surface area (Å²) in [7, 11) is 0. The SMILES string of the molecule is Cc1nonc1C(=O)N[C@H](c1nc2c(F)c([C@H](CC(F)(F)F)C(=O)NCC(F)F)ccc2[nH]1)C1CCC(F)(F)CC1. The van der Waals surface area contributed by atoms with Crippen molar-refractivity contribution in [3.8, 4) is 0 Å². The largest absolute Gasteiger partial charge is 0.390 e. The van der Waals surface area contributed by atoms with Gasteiger partial charge in [-0.2, -0.15) is 13.2 Å². The molecule has 2 atom stereocenters. The number of carbonyl (C=O) groups is 2. The standard InChI is InChI=1S/C24H24F8N6O3/c1-10-17(38-41-37-10)22(40)36-18(11-4-6-23(28,29)7-5-11)20-34-14-3-2-12(16(27)19(14)35-20)13(8-24(30,31)32)21(39)33-9-15(25)26/h2-3,11,13,15,18H,4-9H2,1H3,(H,33,39)(H,34,35)(H,36,40)/t13-,18-/m0/s1. The number of aromatic amines is 1. The number of rotatable bonds is 9. The van der Waals surface area contributed by atoms with Crippen LogP contribution in [0.1, 0.15) is 71.6 Å². The Bertz CT molecular complexity index is 1400. The first-order chi connectivity index (χ1) is 19.1. The molecule has 17 heteroatoms. The Balaban J connectivity index is 1.71. The summed E-state index contributed by atoms with van der Waals surface area (Å²) in [5, 5.41) is 11.3. The van der Waals surface area contributed by atoms with E-state index in [1.54, 1.807) is 5.32 Å². The van der Waals surface area contributed by atoms with Crippen LogP contribution in [0.25, 0.3) is 11.0 Å².